The van der Waals surface area contributed by atoms with E-state index in [0.717, 1.165) is 28.8 Å². The number of aryl methyl sites for hydroxylation is 3. The maximum absolute atomic E-state index is 13.6. The molecule has 0 spiro atoms. The average molecular weight is 449 g/mol. The molecule has 3 heterocycles. The monoisotopic (exact) mass is 448 g/mol. The molecule has 0 bridgehead atoms. The van der Waals surface area contributed by atoms with Crippen molar-refractivity contribution in [2.24, 2.45) is 0 Å². The Hall–Kier alpha value is -3.19. The molecule has 164 valence electrons. The highest BCUT2D eigenvalue weighted by atomic mass is 32.1. The van der Waals surface area contributed by atoms with E-state index in [1.165, 1.54) is 42.4 Å². The van der Waals surface area contributed by atoms with Crippen molar-refractivity contribution in [2.75, 3.05) is 7.11 Å². The van der Waals surface area contributed by atoms with Crippen LogP contribution >= 0.6 is 11.3 Å². The first-order valence-electron chi connectivity index (χ1n) is 10.9. The van der Waals surface area contributed by atoms with E-state index in [-0.39, 0.29) is 17.9 Å². The second-order valence-electron chi connectivity index (χ2n) is 8.05. The van der Waals surface area contributed by atoms with Crippen molar-refractivity contribution in [3.05, 3.63) is 74.5 Å². The minimum absolute atomic E-state index is 0.0863. The number of carbonyl (C=O) groups excluding carboxylic acids is 1. The van der Waals surface area contributed by atoms with Crippen molar-refractivity contribution >= 4 is 27.5 Å². The molecule has 6 nitrogen and oxygen atoms in total. The lowest BCUT2D eigenvalue weighted by Gasteiger charge is -2.16. The Morgan fingerprint density at radius 3 is 2.78 bits per heavy atom. The zero-order chi connectivity index (χ0) is 22.2. The Morgan fingerprint density at radius 2 is 2.00 bits per heavy atom. The number of hydrogen-bond acceptors (Lipinski definition) is 6. The molecule has 32 heavy (non-hydrogen) atoms. The molecular weight excluding hydrogens is 424 g/mol. The largest absolute Gasteiger partial charge is 0.463 e. The van der Waals surface area contributed by atoms with E-state index in [1.54, 1.807) is 16.7 Å². The fraction of sp³-hybridized carbons (Fsp3) is 0.320. The van der Waals surface area contributed by atoms with Crippen LogP contribution in [-0.2, 0) is 30.5 Å². The molecule has 4 aromatic rings. The van der Waals surface area contributed by atoms with Crippen LogP contribution in [0.1, 0.15) is 53.0 Å². The molecule has 5 rings (SSSR count). The van der Waals surface area contributed by atoms with Crippen molar-refractivity contribution in [3.8, 4) is 11.1 Å². The Balaban J connectivity index is 1.60. The fourth-order valence-corrected chi connectivity index (χ4v) is 5.40. The molecule has 0 aliphatic heterocycles. The van der Waals surface area contributed by atoms with Crippen LogP contribution in [0, 0.1) is 0 Å². The Bertz CT molecular complexity index is 1380. The van der Waals surface area contributed by atoms with Crippen LogP contribution < -0.4 is 5.56 Å². The molecule has 1 aliphatic carbocycles. The summed E-state index contributed by atoms with van der Waals surface area (Å²) in [6.45, 7) is 2.19. The van der Waals surface area contributed by atoms with E-state index >= 15 is 0 Å². The summed E-state index contributed by atoms with van der Waals surface area (Å²) in [5.41, 5.74) is 4.72. The summed E-state index contributed by atoms with van der Waals surface area (Å²) >= 11 is 1.51. The molecule has 0 amide bonds. The molecule has 7 heteroatoms. The maximum Gasteiger partial charge on any atom is 0.373 e. The van der Waals surface area contributed by atoms with E-state index in [0.29, 0.717) is 23.4 Å². The lowest BCUT2D eigenvalue weighted by atomic mass is 9.89. The van der Waals surface area contributed by atoms with Crippen molar-refractivity contribution in [3.63, 3.8) is 0 Å². The topological polar surface area (TPSA) is 74.3 Å². The van der Waals surface area contributed by atoms with Gasteiger partial charge in [-0.1, -0.05) is 25.1 Å². The van der Waals surface area contributed by atoms with Gasteiger partial charge in [0.05, 0.1) is 19.0 Å². The number of fused-ring (bicyclic) bond motifs is 2. The van der Waals surface area contributed by atoms with Gasteiger partial charge in [-0.15, -0.1) is 11.3 Å². The van der Waals surface area contributed by atoms with Crippen LogP contribution in [0.4, 0.5) is 0 Å². The highest BCUT2D eigenvalue weighted by Crippen LogP contribution is 2.34. The molecule has 0 radical (unpaired) electrons. The molecular formula is C25H24N2O4S. The highest BCUT2D eigenvalue weighted by molar-refractivity contribution is 7.17. The maximum atomic E-state index is 13.6. The number of carbonyl (C=O) groups is 1. The zero-order valence-electron chi connectivity index (χ0n) is 18.1. The van der Waals surface area contributed by atoms with Gasteiger partial charge in [0.15, 0.2) is 0 Å². The number of thiophene rings is 1. The van der Waals surface area contributed by atoms with Gasteiger partial charge < -0.3 is 9.15 Å². The minimum Gasteiger partial charge on any atom is -0.463 e. The van der Waals surface area contributed by atoms with Gasteiger partial charge in [0.2, 0.25) is 5.76 Å². The predicted octanol–water partition coefficient (Wildman–Crippen LogP) is 4.99. The second kappa shape index (κ2) is 8.39. The minimum atomic E-state index is -0.541. The van der Waals surface area contributed by atoms with Gasteiger partial charge >= 0.3 is 5.97 Å². The SMILES string of the molecule is CCc1nc2scc(-c3ccc4c(c3)CCCC4)c2c(=O)n1Cc1ccc(C(=O)OC)o1. The molecule has 0 saturated heterocycles. The second-order valence-corrected chi connectivity index (χ2v) is 8.91. The number of aromatic nitrogens is 2. The Kier molecular flexibility index (Phi) is 5.43. The summed E-state index contributed by atoms with van der Waals surface area (Å²) in [6.07, 6.45) is 5.29. The lowest BCUT2D eigenvalue weighted by Crippen LogP contribution is -2.25. The summed E-state index contributed by atoms with van der Waals surface area (Å²) in [5.74, 6) is 0.777. The average Bonchev–Trinajstić information content (AvgIpc) is 3.47. The first-order chi connectivity index (χ1) is 15.6. The number of esters is 1. The van der Waals surface area contributed by atoms with Gasteiger partial charge in [-0.05, 0) is 54.5 Å². The lowest BCUT2D eigenvalue weighted by molar-refractivity contribution is 0.0563. The third kappa shape index (κ3) is 3.56. The molecule has 0 fully saturated rings. The van der Waals surface area contributed by atoms with Gasteiger partial charge in [-0.3, -0.25) is 9.36 Å². The molecule has 1 aromatic carbocycles. The molecule has 0 atom stereocenters. The molecule has 0 N–H and O–H groups in total. The standard InChI is InChI=1S/C25H24N2O4S/c1-3-21-26-23-22(24(28)27(21)13-18-10-11-20(31-18)25(29)30-2)19(14-32-23)17-9-8-15-6-4-5-7-16(15)12-17/h8-12,14H,3-7,13H2,1-2H3. The van der Waals surface area contributed by atoms with Crippen molar-refractivity contribution < 1.29 is 13.9 Å². The Labute approximate surface area is 189 Å². The first kappa shape index (κ1) is 20.7. The summed E-state index contributed by atoms with van der Waals surface area (Å²) < 4.78 is 12.0. The van der Waals surface area contributed by atoms with Crippen molar-refractivity contribution in [1.29, 1.82) is 0 Å². The smallest absolute Gasteiger partial charge is 0.373 e. The summed E-state index contributed by atoms with van der Waals surface area (Å²) in [4.78, 5) is 30.9. The van der Waals surface area contributed by atoms with Crippen molar-refractivity contribution in [1.82, 2.24) is 9.55 Å². The van der Waals surface area contributed by atoms with Crippen molar-refractivity contribution in [2.45, 2.75) is 45.6 Å². The summed E-state index contributed by atoms with van der Waals surface area (Å²) in [7, 11) is 1.31. The molecule has 3 aromatic heterocycles. The van der Waals surface area contributed by atoms with Gasteiger partial charge in [-0.2, -0.15) is 0 Å². The van der Waals surface area contributed by atoms with E-state index in [2.05, 4.69) is 18.2 Å². The first-order valence-corrected chi connectivity index (χ1v) is 11.8. The van der Waals surface area contributed by atoms with Gasteiger partial charge in [0.25, 0.3) is 5.56 Å². The van der Waals surface area contributed by atoms with Crippen LogP contribution in [0.5, 0.6) is 0 Å². The van der Waals surface area contributed by atoms with E-state index in [4.69, 9.17) is 14.1 Å². The van der Waals surface area contributed by atoms with Crippen LogP contribution in [0.25, 0.3) is 21.3 Å². The molecule has 0 unspecified atom stereocenters. The summed E-state index contributed by atoms with van der Waals surface area (Å²) in [5, 5.41) is 2.68. The number of benzene rings is 1. The van der Waals surface area contributed by atoms with E-state index in [9.17, 15) is 9.59 Å². The van der Waals surface area contributed by atoms with Gasteiger partial charge in [0.1, 0.15) is 16.4 Å². The fourth-order valence-electron chi connectivity index (χ4n) is 4.44. The number of rotatable bonds is 5. The quantitative estimate of drug-likeness (QED) is 0.402. The van der Waals surface area contributed by atoms with Crippen LogP contribution in [0.3, 0.4) is 0 Å². The number of methoxy groups -OCH3 is 1. The number of nitrogens with zero attached hydrogens (tertiary/aromatic N) is 2. The third-order valence-corrected chi connectivity index (χ3v) is 6.98. The van der Waals surface area contributed by atoms with E-state index in [1.807, 2.05) is 12.3 Å². The molecule has 0 saturated carbocycles. The Morgan fingerprint density at radius 1 is 1.19 bits per heavy atom. The third-order valence-electron chi connectivity index (χ3n) is 6.11. The predicted molar refractivity (Wildman–Crippen MR) is 124 cm³/mol. The van der Waals surface area contributed by atoms with E-state index < -0.39 is 5.97 Å². The highest BCUT2D eigenvalue weighted by Gasteiger charge is 2.19. The zero-order valence-corrected chi connectivity index (χ0v) is 19.0. The normalized spacial score (nSPS) is 13.3. The number of furan rings is 1. The number of ether oxygens (including phenoxy) is 1. The summed E-state index contributed by atoms with van der Waals surface area (Å²) in [6, 6.07) is 9.82. The van der Waals surface area contributed by atoms with Gasteiger partial charge in [-0.25, -0.2) is 9.78 Å². The number of hydrogen-bond donors (Lipinski definition) is 0. The van der Waals surface area contributed by atoms with Crippen LogP contribution in [0.2, 0.25) is 0 Å². The van der Waals surface area contributed by atoms with Gasteiger partial charge in [0, 0.05) is 17.4 Å². The molecule has 1 aliphatic rings. The van der Waals surface area contributed by atoms with Crippen LogP contribution in [-0.4, -0.2) is 22.6 Å². The van der Waals surface area contributed by atoms with Crippen LogP contribution in [0.15, 0.2) is 44.9 Å².